The lowest BCUT2D eigenvalue weighted by Gasteiger charge is -2.18. The van der Waals surface area contributed by atoms with Gasteiger partial charge < -0.3 is 10.0 Å². The minimum atomic E-state index is -4.64. The summed E-state index contributed by atoms with van der Waals surface area (Å²) < 4.78 is 38.9. The van der Waals surface area contributed by atoms with Crippen LogP contribution in [0.5, 0.6) is 0 Å². The zero-order valence-electron chi connectivity index (χ0n) is 13.2. The molecule has 8 heteroatoms. The maximum Gasteiger partial charge on any atom is 0.394 e. The van der Waals surface area contributed by atoms with Crippen molar-refractivity contribution in [3.05, 3.63) is 29.8 Å². The SMILES string of the molecule is CC(C)Sc1ccc(C(=O)N2C[C@@H](C(F)(F)F)[C@H](C(=O)O)C2)cc1. The Morgan fingerprint density at radius 2 is 1.79 bits per heavy atom. The van der Waals surface area contributed by atoms with E-state index in [1.165, 1.54) is 0 Å². The molecule has 0 aliphatic carbocycles. The van der Waals surface area contributed by atoms with E-state index in [2.05, 4.69) is 0 Å². The van der Waals surface area contributed by atoms with Gasteiger partial charge in [-0.25, -0.2) is 0 Å². The predicted molar refractivity (Wildman–Crippen MR) is 84.0 cm³/mol. The van der Waals surface area contributed by atoms with E-state index in [0.29, 0.717) is 5.25 Å². The van der Waals surface area contributed by atoms with Crippen LogP contribution >= 0.6 is 11.8 Å². The maximum absolute atomic E-state index is 13.0. The third-order valence-electron chi connectivity index (χ3n) is 3.82. The topological polar surface area (TPSA) is 57.6 Å². The van der Waals surface area contributed by atoms with Crippen LogP contribution in [-0.4, -0.2) is 46.4 Å². The second-order valence-electron chi connectivity index (χ2n) is 5.99. The Labute approximate surface area is 142 Å². The molecule has 24 heavy (non-hydrogen) atoms. The number of benzene rings is 1. The van der Waals surface area contributed by atoms with Gasteiger partial charge >= 0.3 is 12.1 Å². The minimum Gasteiger partial charge on any atom is -0.481 e. The molecule has 2 atom stereocenters. The van der Waals surface area contributed by atoms with Crippen molar-refractivity contribution in [3.63, 3.8) is 0 Å². The predicted octanol–water partition coefficient (Wildman–Crippen LogP) is 3.52. The monoisotopic (exact) mass is 361 g/mol. The first-order valence-corrected chi connectivity index (χ1v) is 8.33. The Morgan fingerprint density at radius 1 is 1.21 bits per heavy atom. The number of carbonyl (C=O) groups excluding carboxylic acids is 1. The molecule has 1 fully saturated rings. The molecular weight excluding hydrogens is 343 g/mol. The van der Waals surface area contributed by atoms with Gasteiger partial charge in [-0.2, -0.15) is 13.2 Å². The standard InChI is InChI=1S/C16H18F3NO3S/c1-9(2)24-11-5-3-10(4-6-11)14(21)20-7-12(15(22)23)13(8-20)16(17,18)19/h3-6,9,12-13H,7-8H2,1-2H3,(H,22,23)/t12-,13-/m1/s1. The van der Waals surface area contributed by atoms with Gasteiger partial charge in [-0.15, -0.1) is 11.8 Å². The summed E-state index contributed by atoms with van der Waals surface area (Å²) >= 11 is 1.61. The number of halogens is 3. The number of nitrogens with zero attached hydrogens (tertiary/aromatic N) is 1. The fourth-order valence-corrected chi connectivity index (χ4v) is 3.52. The smallest absolute Gasteiger partial charge is 0.394 e. The van der Waals surface area contributed by atoms with Crippen LogP contribution in [0.1, 0.15) is 24.2 Å². The summed E-state index contributed by atoms with van der Waals surface area (Å²) in [6, 6.07) is 6.60. The fourth-order valence-electron chi connectivity index (χ4n) is 2.68. The van der Waals surface area contributed by atoms with Gasteiger partial charge in [0, 0.05) is 28.8 Å². The van der Waals surface area contributed by atoms with Crippen LogP contribution in [0.4, 0.5) is 13.2 Å². The van der Waals surface area contributed by atoms with Gasteiger partial charge in [0.15, 0.2) is 0 Å². The highest BCUT2D eigenvalue weighted by molar-refractivity contribution is 7.99. The van der Waals surface area contributed by atoms with E-state index < -0.39 is 43.0 Å². The van der Waals surface area contributed by atoms with Gasteiger partial charge in [-0.1, -0.05) is 13.8 Å². The summed E-state index contributed by atoms with van der Waals surface area (Å²) in [5.41, 5.74) is 0.259. The number of hydrogen-bond acceptors (Lipinski definition) is 3. The molecule has 4 nitrogen and oxygen atoms in total. The summed E-state index contributed by atoms with van der Waals surface area (Å²) in [7, 11) is 0. The van der Waals surface area contributed by atoms with Crippen molar-refractivity contribution >= 4 is 23.6 Å². The normalized spacial score (nSPS) is 21.3. The fraction of sp³-hybridized carbons (Fsp3) is 0.500. The molecule has 0 bridgehead atoms. The second-order valence-corrected chi connectivity index (χ2v) is 7.64. The molecule has 1 aliphatic heterocycles. The minimum absolute atomic E-state index is 0.259. The molecule has 1 aliphatic rings. The molecular formula is C16H18F3NO3S. The number of carboxylic acids is 1. The summed E-state index contributed by atoms with van der Waals surface area (Å²) in [4.78, 5) is 25.4. The third kappa shape index (κ3) is 4.23. The Morgan fingerprint density at radius 3 is 2.21 bits per heavy atom. The van der Waals surface area contributed by atoms with Crippen LogP contribution in [0, 0.1) is 11.8 Å². The molecule has 1 heterocycles. The summed E-state index contributed by atoms with van der Waals surface area (Å²) in [5.74, 6) is -5.76. The summed E-state index contributed by atoms with van der Waals surface area (Å²) in [6.07, 6.45) is -4.64. The second kappa shape index (κ2) is 7.04. The number of amides is 1. The van der Waals surface area contributed by atoms with Crippen LogP contribution in [-0.2, 0) is 4.79 Å². The van der Waals surface area contributed by atoms with Gasteiger partial charge in [0.25, 0.3) is 5.91 Å². The number of aliphatic carboxylic acids is 1. The van der Waals surface area contributed by atoms with E-state index in [1.54, 1.807) is 36.0 Å². The van der Waals surface area contributed by atoms with E-state index in [1.807, 2.05) is 13.8 Å². The third-order valence-corrected chi connectivity index (χ3v) is 4.83. The van der Waals surface area contributed by atoms with Gasteiger partial charge in [0.1, 0.15) is 0 Å². The van der Waals surface area contributed by atoms with Crippen molar-refractivity contribution < 1.29 is 27.9 Å². The Balaban J connectivity index is 2.14. The highest BCUT2D eigenvalue weighted by Gasteiger charge is 2.53. The average molecular weight is 361 g/mol. The molecule has 0 unspecified atom stereocenters. The number of hydrogen-bond donors (Lipinski definition) is 1. The molecule has 1 N–H and O–H groups in total. The molecule has 1 amide bonds. The summed E-state index contributed by atoms with van der Waals surface area (Å²) in [5, 5.41) is 9.37. The van der Waals surface area contributed by atoms with Gasteiger partial charge in [0.2, 0.25) is 0 Å². The highest BCUT2D eigenvalue weighted by Crippen LogP contribution is 2.38. The number of thioether (sulfide) groups is 1. The molecule has 0 radical (unpaired) electrons. The number of carboxylic acid groups (broad SMARTS) is 1. The Kier molecular flexibility index (Phi) is 5.47. The van der Waals surface area contributed by atoms with Crippen molar-refractivity contribution in [2.75, 3.05) is 13.1 Å². The lowest BCUT2D eigenvalue weighted by molar-refractivity contribution is -0.187. The number of rotatable bonds is 4. The van der Waals surface area contributed by atoms with E-state index in [0.717, 1.165) is 9.80 Å². The van der Waals surface area contributed by atoms with Crippen LogP contribution in [0.3, 0.4) is 0 Å². The van der Waals surface area contributed by atoms with Gasteiger partial charge in [0.05, 0.1) is 11.8 Å². The van der Waals surface area contributed by atoms with Crippen molar-refractivity contribution in [2.24, 2.45) is 11.8 Å². The van der Waals surface area contributed by atoms with Gasteiger partial charge in [-0.05, 0) is 24.3 Å². The molecule has 2 rings (SSSR count). The van der Waals surface area contributed by atoms with E-state index >= 15 is 0 Å². The molecule has 1 aromatic carbocycles. The van der Waals surface area contributed by atoms with Crippen molar-refractivity contribution in [2.45, 2.75) is 30.2 Å². The quantitative estimate of drug-likeness (QED) is 0.834. The molecule has 132 valence electrons. The van der Waals surface area contributed by atoms with E-state index in [9.17, 15) is 22.8 Å². The zero-order chi connectivity index (χ0) is 18.1. The first kappa shape index (κ1) is 18.6. The van der Waals surface area contributed by atoms with E-state index in [-0.39, 0.29) is 5.56 Å². The average Bonchev–Trinajstić information content (AvgIpc) is 2.92. The van der Waals surface area contributed by atoms with E-state index in [4.69, 9.17) is 5.11 Å². The van der Waals surface area contributed by atoms with Crippen molar-refractivity contribution in [3.8, 4) is 0 Å². The molecule has 1 aromatic rings. The Bertz CT molecular complexity index is 616. The first-order valence-electron chi connectivity index (χ1n) is 7.45. The molecule has 0 spiro atoms. The largest absolute Gasteiger partial charge is 0.481 e. The molecule has 1 saturated heterocycles. The zero-order valence-corrected chi connectivity index (χ0v) is 14.0. The van der Waals surface area contributed by atoms with Crippen LogP contribution < -0.4 is 0 Å². The maximum atomic E-state index is 13.0. The number of likely N-dealkylation sites (tertiary alicyclic amines) is 1. The lowest BCUT2D eigenvalue weighted by Crippen LogP contribution is -2.34. The lowest BCUT2D eigenvalue weighted by atomic mass is 9.96. The highest BCUT2D eigenvalue weighted by atomic mass is 32.2. The molecule has 0 saturated carbocycles. The van der Waals surface area contributed by atoms with Crippen LogP contribution in [0.2, 0.25) is 0 Å². The molecule has 0 aromatic heterocycles. The van der Waals surface area contributed by atoms with Crippen LogP contribution in [0.25, 0.3) is 0 Å². The Hall–Kier alpha value is -1.70. The summed E-state index contributed by atoms with van der Waals surface area (Å²) in [6.45, 7) is 3.00. The van der Waals surface area contributed by atoms with Crippen LogP contribution in [0.15, 0.2) is 29.2 Å². The number of alkyl halides is 3. The van der Waals surface area contributed by atoms with Crippen molar-refractivity contribution in [1.29, 1.82) is 0 Å². The van der Waals surface area contributed by atoms with Gasteiger partial charge in [-0.3, -0.25) is 9.59 Å². The van der Waals surface area contributed by atoms with Crippen molar-refractivity contribution in [1.82, 2.24) is 4.90 Å². The first-order chi connectivity index (χ1) is 11.1. The number of carbonyl (C=O) groups is 2.